The second-order valence-corrected chi connectivity index (χ2v) is 8.59. The minimum absolute atomic E-state index is 0.243. The third-order valence-corrected chi connectivity index (χ3v) is 6.00. The second kappa shape index (κ2) is 8.41. The Morgan fingerprint density at radius 1 is 1.10 bits per heavy atom. The van der Waals surface area contributed by atoms with Gasteiger partial charge in [0, 0.05) is 28.8 Å². The first-order chi connectivity index (χ1) is 14.9. The molecule has 4 aromatic rings. The summed E-state index contributed by atoms with van der Waals surface area (Å²) in [7, 11) is 1.79. The predicted molar refractivity (Wildman–Crippen MR) is 125 cm³/mol. The number of anilines is 3. The number of nitrogens with one attached hydrogen (secondary N) is 1. The zero-order valence-corrected chi connectivity index (χ0v) is 18.7. The number of rotatable bonds is 4. The molecular weight excluding hydrogens is 434 g/mol. The van der Waals surface area contributed by atoms with Crippen molar-refractivity contribution in [2.75, 3.05) is 10.2 Å². The van der Waals surface area contributed by atoms with E-state index in [1.165, 1.54) is 20.9 Å². The fourth-order valence-electron chi connectivity index (χ4n) is 3.25. The van der Waals surface area contributed by atoms with Crippen molar-refractivity contribution in [3.8, 4) is 5.69 Å². The number of carbonyl (C=O) groups excluding carboxylic acids is 1. The van der Waals surface area contributed by atoms with Crippen LogP contribution in [0.4, 0.5) is 21.3 Å². The van der Waals surface area contributed by atoms with Gasteiger partial charge in [0.25, 0.3) is 5.56 Å². The summed E-state index contributed by atoms with van der Waals surface area (Å²) in [5, 5.41) is 3.81. The number of urea groups is 1. The lowest BCUT2D eigenvalue weighted by Gasteiger charge is -2.19. The van der Waals surface area contributed by atoms with E-state index in [1.54, 1.807) is 49.1 Å². The summed E-state index contributed by atoms with van der Waals surface area (Å²) < 4.78 is 3.27. The highest BCUT2D eigenvalue weighted by atomic mass is 35.5. The highest BCUT2D eigenvalue weighted by Gasteiger charge is 2.29. The monoisotopic (exact) mass is 453 g/mol. The standard InChI is InChI=1S/C22H20ClN5O2S/c1-14-13-24-22(31-14)27(21(30)25-17-11-9-16(23)10-12-17)19-15(2)26(3)28(20(19)29)18-7-5-4-6-8-18/h4-13H,1-3H3,(H,25,30). The summed E-state index contributed by atoms with van der Waals surface area (Å²) in [6.07, 6.45) is 1.68. The number of aromatic nitrogens is 3. The van der Waals surface area contributed by atoms with E-state index >= 15 is 0 Å². The maximum absolute atomic E-state index is 13.5. The lowest BCUT2D eigenvalue weighted by Crippen LogP contribution is -2.34. The Kier molecular flexibility index (Phi) is 5.67. The smallest absolute Gasteiger partial charge is 0.307 e. The van der Waals surface area contributed by atoms with Gasteiger partial charge in [-0.05, 0) is 50.2 Å². The first-order valence-corrected chi connectivity index (χ1v) is 10.7. The van der Waals surface area contributed by atoms with E-state index in [2.05, 4.69) is 10.3 Å². The number of hydrogen-bond donors (Lipinski definition) is 1. The first-order valence-electron chi connectivity index (χ1n) is 9.50. The molecule has 7 nitrogen and oxygen atoms in total. The number of carbonyl (C=O) groups is 1. The number of amides is 2. The van der Waals surface area contributed by atoms with Crippen LogP contribution in [-0.4, -0.2) is 20.4 Å². The van der Waals surface area contributed by atoms with Gasteiger partial charge in [0.1, 0.15) is 5.69 Å². The normalized spacial score (nSPS) is 10.8. The van der Waals surface area contributed by atoms with Gasteiger partial charge in [0.15, 0.2) is 5.13 Å². The highest BCUT2D eigenvalue weighted by molar-refractivity contribution is 7.15. The molecule has 0 aliphatic heterocycles. The van der Waals surface area contributed by atoms with Crippen LogP contribution in [0.3, 0.4) is 0 Å². The minimum atomic E-state index is -0.484. The number of halogens is 1. The summed E-state index contributed by atoms with van der Waals surface area (Å²) in [6, 6.07) is 15.6. The zero-order chi connectivity index (χ0) is 22.1. The topological polar surface area (TPSA) is 72.2 Å². The molecule has 31 heavy (non-hydrogen) atoms. The van der Waals surface area contributed by atoms with Gasteiger partial charge in [-0.3, -0.25) is 9.48 Å². The summed E-state index contributed by atoms with van der Waals surface area (Å²) in [6.45, 7) is 3.70. The number of hydrogen-bond acceptors (Lipinski definition) is 4. The van der Waals surface area contributed by atoms with Crippen LogP contribution in [-0.2, 0) is 7.05 Å². The average Bonchev–Trinajstić information content (AvgIpc) is 3.27. The molecule has 158 valence electrons. The van der Waals surface area contributed by atoms with E-state index in [4.69, 9.17) is 11.6 Å². The fraction of sp³-hybridized carbons (Fsp3) is 0.136. The van der Waals surface area contributed by atoms with Gasteiger partial charge in [-0.15, -0.1) is 11.3 Å². The predicted octanol–water partition coefficient (Wildman–Crippen LogP) is 5.27. The summed E-state index contributed by atoms with van der Waals surface area (Å²) in [5.74, 6) is 0. The Hall–Kier alpha value is -3.36. The molecule has 2 heterocycles. The van der Waals surface area contributed by atoms with Crippen molar-refractivity contribution in [1.82, 2.24) is 14.3 Å². The molecule has 2 amide bonds. The van der Waals surface area contributed by atoms with Gasteiger partial charge in [-0.2, -0.15) is 0 Å². The molecule has 4 rings (SSSR count). The Labute approximate surface area is 188 Å². The Morgan fingerprint density at radius 3 is 2.39 bits per heavy atom. The van der Waals surface area contributed by atoms with Crippen molar-refractivity contribution in [3.05, 3.63) is 86.7 Å². The maximum atomic E-state index is 13.5. The minimum Gasteiger partial charge on any atom is -0.307 e. The average molecular weight is 454 g/mol. The highest BCUT2D eigenvalue weighted by Crippen LogP contribution is 2.31. The van der Waals surface area contributed by atoms with Crippen LogP contribution < -0.4 is 15.8 Å². The van der Waals surface area contributed by atoms with Crippen molar-refractivity contribution in [1.29, 1.82) is 0 Å². The summed E-state index contributed by atoms with van der Waals surface area (Å²) in [4.78, 5) is 33.5. The van der Waals surface area contributed by atoms with Crippen LogP contribution in [0.5, 0.6) is 0 Å². The molecule has 0 saturated carbocycles. The van der Waals surface area contributed by atoms with E-state index in [1.807, 2.05) is 37.3 Å². The lowest BCUT2D eigenvalue weighted by molar-refractivity contribution is 0.259. The van der Waals surface area contributed by atoms with Crippen molar-refractivity contribution < 1.29 is 4.79 Å². The van der Waals surface area contributed by atoms with Crippen molar-refractivity contribution in [2.45, 2.75) is 13.8 Å². The molecule has 9 heteroatoms. The molecule has 0 fully saturated rings. The third kappa shape index (κ3) is 3.99. The molecular formula is C22H20ClN5O2S. The molecule has 0 aliphatic rings. The van der Waals surface area contributed by atoms with Crippen molar-refractivity contribution in [3.63, 3.8) is 0 Å². The summed E-state index contributed by atoms with van der Waals surface area (Å²) >= 11 is 7.28. The van der Waals surface area contributed by atoms with E-state index in [-0.39, 0.29) is 11.2 Å². The fourth-order valence-corrected chi connectivity index (χ4v) is 4.14. The van der Waals surface area contributed by atoms with Gasteiger partial charge in [-0.25, -0.2) is 19.4 Å². The quantitative estimate of drug-likeness (QED) is 0.457. The number of nitrogens with zero attached hydrogens (tertiary/aromatic N) is 4. The van der Waals surface area contributed by atoms with E-state index in [0.29, 0.717) is 27.2 Å². The van der Waals surface area contributed by atoms with Crippen molar-refractivity contribution >= 4 is 45.5 Å². The van der Waals surface area contributed by atoms with Crippen LogP contribution in [0.25, 0.3) is 5.69 Å². The molecule has 2 aromatic heterocycles. The van der Waals surface area contributed by atoms with Crippen LogP contribution >= 0.6 is 22.9 Å². The number of aryl methyl sites for hydroxylation is 1. The third-order valence-electron chi connectivity index (χ3n) is 4.85. The van der Waals surface area contributed by atoms with Gasteiger partial charge in [-0.1, -0.05) is 29.8 Å². The maximum Gasteiger partial charge on any atom is 0.333 e. The van der Waals surface area contributed by atoms with Gasteiger partial charge in [0.05, 0.1) is 11.4 Å². The van der Waals surface area contributed by atoms with E-state index in [9.17, 15) is 9.59 Å². The molecule has 0 aliphatic carbocycles. The zero-order valence-electron chi connectivity index (χ0n) is 17.2. The molecule has 0 saturated heterocycles. The number of para-hydroxylation sites is 1. The lowest BCUT2D eigenvalue weighted by atomic mass is 10.3. The van der Waals surface area contributed by atoms with Crippen LogP contribution in [0.2, 0.25) is 5.02 Å². The van der Waals surface area contributed by atoms with E-state index in [0.717, 1.165) is 4.88 Å². The van der Waals surface area contributed by atoms with Gasteiger partial charge in [0.2, 0.25) is 0 Å². The Balaban J connectivity index is 1.84. The first kappa shape index (κ1) is 20.9. The van der Waals surface area contributed by atoms with Gasteiger partial charge < -0.3 is 5.32 Å². The molecule has 1 N–H and O–H groups in total. The summed E-state index contributed by atoms with van der Waals surface area (Å²) in [5.41, 5.74) is 1.83. The molecule has 0 unspecified atom stereocenters. The van der Waals surface area contributed by atoms with Crippen LogP contribution in [0.15, 0.2) is 65.6 Å². The Bertz CT molecular complexity index is 1290. The molecule has 0 atom stereocenters. The molecule has 0 spiro atoms. The van der Waals surface area contributed by atoms with Crippen LogP contribution in [0, 0.1) is 13.8 Å². The van der Waals surface area contributed by atoms with Crippen molar-refractivity contribution in [2.24, 2.45) is 7.05 Å². The number of thiazole rings is 1. The number of benzene rings is 2. The Morgan fingerprint density at radius 2 is 1.77 bits per heavy atom. The van der Waals surface area contributed by atoms with Crippen LogP contribution in [0.1, 0.15) is 10.6 Å². The van der Waals surface area contributed by atoms with Gasteiger partial charge >= 0.3 is 6.03 Å². The SMILES string of the molecule is Cc1cnc(N(C(=O)Nc2ccc(Cl)cc2)c2c(C)n(C)n(-c3ccccc3)c2=O)s1. The largest absolute Gasteiger partial charge is 0.333 e. The molecule has 0 bridgehead atoms. The molecule has 0 radical (unpaired) electrons. The van der Waals surface area contributed by atoms with E-state index < -0.39 is 6.03 Å². The second-order valence-electron chi connectivity index (χ2n) is 6.94. The molecule has 2 aromatic carbocycles.